The number of rotatable bonds is 6. The molecule has 2 rings (SSSR count). The Morgan fingerprint density at radius 2 is 2.05 bits per heavy atom. The maximum absolute atomic E-state index is 5.73. The monoisotopic (exact) mass is 327 g/mol. The summed E-state index contributed by atoms with van der Waals surface area (Å²) in [4.78, 5) is 0. The van der Waals surface area contributed by atoms with Crippen molar-refractivity contribution >= 4 is 15.9 Å². The summed E-state index contributed by atoms with van der Waals surface area (Å²) in [5.74, 6) is 1.70. The van der Waals surface area contributed by atoms with Gasteiger partial charge in [0.15, 0.2) is 11.5 Å². The van der Waals surface area contributed by atoms with E-state index in [1.165, 1.54) is 24.8 Å². The topological polar surface area (TPSA) is 30.5 Å². The van der Waals surface area contributed by atoms with Gasteiger partial charge < -0.3 is 14.8 Å². The number of nitrogens with one attached hydrogen (secondary N) is 1. The average molecular weight is 328 g/mol. The van der Waals surface area contributed by atoms with Gasteiger partial charge in [-0.3, -0.25) is 0 Å². The molecular formula is C15H22BrNO2. The van der Waals surface area contributed by atoms with E-state index in [4.69, 9.17) is 9.47 Å². The van der Waals surface area contributed by atoms with Crippen molar-refractivity contribution < 1.29 is 9.47 Å². The van der Waals surface area contributed by atoms with Gasteiger partial charge in [-0.15, -0.1) is 0 Å². The van der Waals surface area contributed by atoms with Gasteiger partial charge in [-0.05, 0) is 46.6 Å². The van der Waals surface area contributed by atoms with Gasteiger partial charge in [-0.2, -0.15) is 0 Å². The molecule has 0 radical (unpaired) electrons. The van der Waals surface area contributed by atoms with E-state index in [-0.39, 0.29) is 0 Å². The smallest absolute Gasteiger partial charge is 0.175 e. The van der Waals surface area contributed by atoms with Crippen LogP contribution in [0.25, 0.3) is 0 Å². The third kappa shape index (κ3) is 4.39. The molecule has 0 fully saturated rings. The Hall–Kier alpha value is -0.740. The number of ether oxygens (including phenoxy) is 2. The lowest BCUT2D eigenvalue weighted by Gasteiger charge is -2.12. The van der Waals surface area contributed by atoms with Gasteiger partial charge in [0.05, 0.1) is 17.7 Å². The van der Waals surface area contributed by atoms with Crippen LogP contribution in [0.5, 0.6) is 11.5 Å². The first-order valence-corrected chi connectivity index (χ1v) is 7.89. The Labute approximate surface area is 123 Å². The van der Waals surface area contributed by atoms with Crippen molar-refractivity contribution in [1.82, 2.24) is 5.32 Å². The molecule has 1 aromatic carbocycles. The van der Waals surface area contributed by atoms with Crippen LogP contribution < -0.4 is 14.8 Å². The molecule has 0 unspecified atom stereocenters. The van der Waals surface area contributed by atoms with Crippen LogP contribution in [0.3, 0.4) is 0 Å². The molecule has 0 atom stereocenters. The van der Waals surface area contributed by atoms with Crippen molar-refractivity contribution in [3.63, 3.8) is 0 Å². The largest absolute Gasteiger partial charge is 0.490 e. The summed E-state index contributed by atoms with van der Waals surface area (Å²) in [5.41, 5.74) is 1.23. The number of fused-ring (bicyclic) bond motifs is 1. The minimum Gasteiger partial charge on any atom is -0.490 e. The highest BCUT2D eigenvalue weighted by molar-refractivity contribution is 9.10. The summed E-state index contributed by atoms with van der Waals surface area (Å²) >= 11 is 3.57. The highest BCUT2D eigenvalue weighted by atomic mass is 79.9. The van der Waals surface area contributed by atoms with Crippen LogP contribution >= 0.6 is 15.9 Å². The first-order chi connectivity index (χ1) is 9.31. The zero-order valence-electron chi connectivity index (χ0n) is 11.5. The van der Waals surface area contributed by atoms with Crippen LogP contribution in [0.2, 0.25) is 0 Å². The minimum atomic E-state index is 0.722. The highest BCUT2D eigenvalue weighted by Crippen LogP contribution is 2.38. The zero-order valence-corrected chi connectivity index (χ0v) is 13.1. The van der Waals surface area contributed by atoms with Crippen molar-refractivity contribution in [2.75, 3.05) is 19.8 Å². The Morgan fingerprint density at radius 1 is 1.21 bits per heavy atom. The van der Waals surface area contributed by atoms with Crippen LogP contribution in [0.1, 0.15) is 38.2 Å². The maximum atomic E-state index is 5.73. The maximum Gasteiger partial charge on any atom is 0.175 e. The second-order valence-corrected chi connectivity index (χ2v) is 5.69. The second kappa shape index (κ2) is 7.75. The molecule has 0 bridgehead atoms. The summed E-state index contributed by atoms with van der Waals surface area (Å²) in [7, 11) is 0. The summed E-state index contributed by atoms with van der Waals surface area (Å²) in [6.07, 6.45) is 4.73. The first kappa shape index (κ1) is 14.7. The van der Waals surface area contributed by atoms with E-state index in [9.17, 15) is 0 Å². The predicted octanol–water partition coefficient (Wildman–Crippen LogP) is 3.89. The van der Waals surface area contributed by atoms with Crippen molar-refractivity contribution in [1.29, 1.82) is 0 Å². The standard InChI is InChI=1S/C15H22BrNO2/c1-2-3-4-6-17-11-12-9-13(16)15-14(10-12)18-7-5-8-19-15/h9-10,17H,2-8,11H2,1H3. The molecule has 3 nitrogen and oxygen atoms in total. The van der Waals surface area contributed by atoms with E-state index in [1.54, 1.807) is 0 Å². The molecular weight excluding hydrogens is 306 g/mol. The molecule has 0 amide bonds. The lowest BCUT2D eigenvalue weighted by molar-refractivity contribution is 0.296. The Morgan fingerprint density at radius 3 is 2.89 bits per heavy atom. The van der Waals surface area contributed by atoms with Crippen LogP contribution in [-0.4, -0.2) is 19.8 Å². The fourth-order valence-corrected chi connectivity index (χ4v) is 2.72. The van der Waals surface area contributed by atoms with Crippen LogP contribution in [-0.2, 0) is 6.54 Å². The SMILES string of the molecule is CCCCCNCc1cc(Br)c2c(c1)OCCCO2. The molecule has 1 aliphatic rings. The van der Waals surface area contributed by atoms with E-state index >= 15 is 0 Å². The van der Waals surface area contributed by atoms with Gasteiger partial charge in [0.25, 0.3) is 0 Å². The van der Waals surface area contributed by atoms with Gasteiger partial charge in [0.2, 0.25) is 0 Å². The minimum absolute atomic E-state index is 0.722. The molecule has 0 aliphatic carbocycles. The summed E-state index contributed by atoms with van der Waals surface area (Å²) < 4.78 is 12.4. The third-order valence-electron chi connectivity index (χ3n) is 3.15. The highest BCUT2D eigenvalue weighted by Gasteiger charge is 2.14. The number of benzene rings is 1. The fourth-order valence-electron chi connectivity index (χ4n) is 2.12. The lowest BCUT2D eigenvalue weighted by Crippen LogP contribution is -2.14. The first-order valence-electron chi connectivity index (χ1n) is 7.10. The van der Waals surface area contributed by atoms with Gasteiger partial charge >= 0.3 is 0 Å². The van der Waals surface area contributed by atoms with Gasteiger partial charge in [0.1, 0.15) is 0 Å². The molecule has 4 heteroatoms. The van der Waals surface area contributed by atoms with Crippen LogP contribution in [0.15, 0.2) is 16.6 Å². The van der Waals surface area contributed by atoms with Crippen molar-refractivity contribution in [2.45, 2.75) is 39.2 Å². The summed E-state index contributed by atoms with van der Waals surface area (Å²) in [6.45, 7) is 5.62. The van der Waals surface area contributed by atoms with Gasteiger partial charge in [-0.1, -0.05) is 19.8 Å². The summed E-state index contributed by atoms with van der Waals surface area (Å²) in [5, 5.41) is 3.47. The van der Waals surface area contributed by atoms with Crippen molar-refractivity contribution in [3.8, 4) is 11.5 Å². The molecule has 1 aromatic rings. The van der Waals surface area contributed by atoms with E-state index < -0.39 is 0 Å². The molecule has 1 N–H and O–H groups in total. The van der Waals surface area contributed by atoms with Gasteiger partial charge in [0, 0.05) is 13.0 Å². The quantitative estimate of drug-likeness (QED) is 0.804. The Balaban J connectivity index is 1.94. The average Bonchev–Trinajstić information content (AvgIpc) is 2.64. The molecule has 106 valence electrons. The van der Waals surface area contributed by atoms with Crippen molar-refractivity contribution in [3.05, 3.63) is 22.2 Å². The molecule has 19 heavy (non-hydrogen) atoms. The number of unbranched alkanes of at least 4 members (excludes halogenated alkanes) is 2. The predicted molar refractivity (Wildman–Crippen MR) is 81.0 cm³/mol. The van der Waals surface area contributed by atoms with Gasteiger partial charge in [-0.25, -0.2) is 0 Å². The molecule has 1 heterocycles. The number of halogens is 1. The van der Waals surface area contributed by atoms with E-state index in [2.05, 4.69) is 40.3 Å². The molecule has 1 aliphatic heterocycles. The van der Waals surface area contributed by atoms with Crippen LogP contribution in [0.4, 0.5) is 0 Å². The van der Waals surface area contributed by atoms with E-state index in [1.807, 2.05) is 0 Å². The molecule has 0 saturated carbocycles. The molecule has 0 aromatic heterocycles. The van der Waals surface area contributed by atoms with Crippen LogP contribution in [0, 0.1) is 0 Å². The molecule has 0 saturated heterocycles. The van der Waals surface area contributed by atoms with E-state index in [0.29, 0.717) is 0 Å². The lowest BCUT2D eigenvalue weighted by atomic mass is 10.2. The number of hydrogen-bond donors (Lipinski definition) is 1. The fraction of sp³-hybridized carbons (Fsp3) is 0.600. The third-order valence-corrected chi connectivity index (χ3v) is 3.74. The Kier molecular flexibility index (Phi) is 5.98. The Bertz CT molecular complexity index is 409. The normalized spacial score (nSPS) is 14.2. The zero-order chi connectivity index (χ0) is 13.5. The molecule has 0 spiro atoms. The second-order valence-electron chi connectivity index (χ2n) is 4.84. The number of hydrogen-bond acceptors (Lipinski definition) is 3. The summed E-state index contributed by atoms with van der Waals surface area (Å²) in [6, 6.07) is 4.19. The van der Waals surface area contributed by atoms with Crippen molar-refractivity contribution in [2.24, 2.45) is 0 Å². The van der Waals surface area contributed by atoms with E-state index in [0.717, 1.165) is 48.7 Å².